The Morgan fingerprint density at radius 1 is 1.12 bits per heavy atom. The number of ether oxygens (including phenoxy) is 3. The summed E-state index contributed by atoms with van der Waals surface area (Å²) in [6, 6.07) is 10.7. The average molecular weight is 441 g/mol. The molecule has 2 aromatic carbocycles. The first-order valence-corrected chi connectivity index (χ1v) is 8.71. The van der Waals surface area contributed by atoms with E-state index in [1.54, 1.807) is 25.3 Å². The van der Waals surface area contributed by atoms with Crippen molar-refractivity contribution in [3.63, 3.8) is 0 Å². The van der Waals surface area contributed by atoms with Crippen LogP contribution >= 0.6 is 22.6 Å². The molecule has 1 amide bonds. The van der Waals surface area contributed by atoms with Crippen molar-refractivity contribution < 1.29 is 19.0 Å². The highest BCUT2D eigenvalue weighted by atomic mass is 127. The summed E-state index contributed by atoms with van der Waals surface area (Å²) in [7, 11) is 1.59. The monoisotopic (exact) mass is 441 g/mol. The molecule has 24 heavy (non-hydrogen) atoms. The highest BCUT2D eigenvalue weighted by molar-refractivity contribution is 14.1. The van der Waals surface area contributed by atoms with Crippen LogP contribution in [-0.2, 0) is 0 Å². The molecule has 6 heteroatoms. The molecule has 0 unspecified atom stereocenters. The zero-order valence-corrected chi connectivity index (χ0v) is 16.0. The Morgan fingerprint density at radius 3 is 2.54 bits per heavy atom. The second-order valence-electron chi connectivity index (χ2n) is 4.84. The average Bonchev–Trinajstić information content (AvgIpc) is 2.58. The van der Waals surface area contributed by atoms with Gasteiger partial charge in [0.2, 0.25) is 0 Å². The largest absolute Gasteiger partial charge is 0.497 e. The van der Waals surface area contributed by atoms with Crippen LogP contribution in [0.25, 0.3) is 0 Å². The van der Waals surface area contributed by atoms with Crippen LogP contribution in [0.1, 0.15) is 24.2 Å². The van der Waals surface area contributed by atoms with Gasteiger partial charge in [-0.15, -0.1) is 0 Å². The zero-order chi connectivity index (χ0) is 17.5. The van der Waals surface area contributed by atoms with Crippen LogP contribution in [0.5, 0.6) is 17.2 Å². The number of nitrogens with one attached hydrogen (secondary N) is 1. The third kappa shape index (κ3) is 4.53. The molecule has 0 atom stereocenters. The number of hydrogen-bond donors (Lipinski definition) is 1. The molecule has 2 rings (SSSR count). The minimum atomic E-state index is -0.217. The smallest absolute Gasteiger partial charge is 0.255 e. The first kappa shape index (κ1) is 18.4. The van der Waals surface area contributed by atoms with Gasteiger partial charge in [-0.1, -0.05) is 6.07 Å². The maximum Gasteiger partial charge on any atom is 0.255 e. The van der Waals surface area contributed by atoms with Gasteiger partial charge < -0.3 is 19.5 Å². The summed E-state index contributed by atoms with van der Waals surface area (Å²) in [5.74, 6) is 1.70. The van der Waals surface area contributed by atoms with Crippen molar-refractivity contribution in [3.05, 3.63) is 45.5 Å². The van der Waals surface area contributed by atoms with Gasteiger partial charge in [0.1, 0.15) is 5.75 Å². The van der Waals surface area contributed by atoms with Crippen LogP contribution in [0.3, 0.4) is 0 Å². The van der Waals surface area contributed by atoms with Gasteiger partial charge in [0.25, 0.3) is 5.91 Å². The Kier molecular flexibility index (Phi) is 6.72. The van der Waals surface area contributed by atoms with E-state index in [0.29, 0.717) is 41.7 Å². The first-order chi connectivity index (χ1) is 11.6. The number of hydrogen-bond acceptors (Lipinski definition) is 4. The molecule has 0 aliphatic heterocycles. The predicted molar refractivity (Wildman–Crippen MR) is 102 cm³/mol. The molecule has 0 heterocycles. The summed E-state index contributed by atoms with van der Waals surface area (Å²) in [5.41, 5.74) is 1.18. The quantitative estimate of drug-likeness (QED) is 0.650. The highest BCUT2D eigenvalue weighted by Gasteiger charge is 2.16. The lowest BCUT2D eigenvalue weighted by atomic mass is 10.1. The van der Waals surface area contributed by atoms with Gasteiger partial charge in [0, 0.05) is 17.3 Å². The van der Waals surface area contributed by atoms with Crippen molar-refractivity contribution in [3.8, 4) is 17.2 Å². The fourth-order valence-corrected chi connectivity index (χ4v) is 2.91. The van der Waals surface area contributed by atoms with Crippen molar-refractivity contribution >= 4 is 34.2 Å². The lowest BCUT2D eigenvalue weighted by Gasteiger charge is -2.14. The topological polar surface area (TPSA) is 56.8 Å². The maximum atomic E-state index is 12.5. The van der Waals surface area contributed by atoms with E-state index in [-0.39, 0.29) is 5.91 Å². The van der Waals surface area contributed by atoms with E-state index in [9.17, 15) is 4.79 Å². The van der Waals surface area contributed by atoms with Crippen LogP contribution in [0.15, 0.2) is 36.4 Å². The van der Waals surface area contributed by atoms with E-state index >= 15 is 0 Å². The molecule has 5 nitrogen and oxygen atoms in total. The Hall–Kier alpha value is -1.96. The fourth-order valence-electron chi connectivity index (χ4n) is 2.15. The summed E-state index contributed by atoms with van der Waals surface area (Å²) in [4.78, 5) is 12.5. The third-order valence-corrected chi connectivity index (χ3v) is 3.99. The summed E-state index contributed by atoms with van der Waals surface area (Å²) >= 11 is 2.15. The van der Waals surface area contributed by atoms with Crippen molar-refractivity contribution in [2.75, 3.05) is 25.6 Å². The molecule has 128 valence electrons. The SMILES string of the molecule is CCOc1cc(C(=O)Nc2cccc(OC)c2)cc(I)c1OCC. The lowest BCUT2D eigenvalue weighted by Crippen LogP contribution is -2.13. The number of benzene rings is 2. The summed E-state index contributed by atoms with van der Waals surface area (Å²) < 4.78 is 17.2. The number of carbonyl (C=O) groups excluding carboxylic acids is 1. The normalized spacial score (nSPS) is 10.2. The van der Waals surface area contributed by atoms with E-state index in [1.165, 1.54) is 0 Å². The zero-order valence-electron chi connectivity index (χ0n) is 13.9. The maximum absolute atomic E-state index is 12.5. The van der Waals surface area contributed by atoms with E-state index in [2.05, 4.69) is 27.9 Å². The second kappa shape index (κ2) is 8.77. The number of rotatable bonds is 7. The Bertz CT molecular complexity index is 718. The van der Waals surface area contributed by atoms with Crippen molar-refractivity contribution in [1.82, 2.24) is 0 Å². The number of anilines is 1. The summed E-state index contributed by atoms with van der Waals surface area (Å²) in [5, 5.41) is 2.86. The van der Waals surface area contributed by atoms with E-state index in [4.69, 9.17) is 14.2 Å². The van der Waals surface area contributed by atoms with Crippen LogP contribution in [0, 0.1) is 3.57 Å². The number of methoxy groups -OCH3 is 1. The third-order valence-electron chi connectivity index (χ3n) is 3.19. The van der Waals surface area contributed by atoms with Gasteiger partial charge in [-0.2, -0.15) is 0 Å². The van der Waals surface area contributed by atoms with Gasteiger partial charge in [-0.25, -0.2) is 0 Å². The van der Waals surface area contributed by atoms with Crippen molar-refractivity contribution in [2.45, 2.75) is 13.8 Å². The second-order valence-corrected chi connectivity index (χ2v) is 6.00. The van der Waals surface area contributed by atoms with E-state index < -0.39 is 0 Å². The Balaban J connectivity index is 2.28. The van der Waals surface area contributed by atoms with Crippen molar-refractivity contribution in [2.24, 2.45) is 0 Å². The number of carbonyl (C=O) groups is 1. The molecule has 2 aromatic rings. The minimum absolute atomic E-state index is 0.217. The molecule has 0 aliphatic carbocycles. The van der Waals surface area contributed by atoms with Crippen LogP contribution in [-0.4, -0.2) is 26.2 Å². The predicted octanol–water partition coefficient (Wildman–Crippen LogP) is 4.35. The van der Waals surface area contributed by atoms with Gasteiger partial charge in [0.15, 0.2) is 11.5 Å². The minimum Gasteiger partial charge on any atom is -0.497 e. The molecular formula is C18H20INO4. The van der Waals surface area contributed by atoms with E-state index in [0.717, 1.165) is 3.57 Å². The highest BCUT2D eigenvalue weighted by Crippen LogP contribution is 2.34. The molecule has 0 bridgehead atoms. The first-order valence-electron chi connectivity index (χ1n) is 7.63. The van der Waals surface area contributed by atoms with Gasteiger partial charge >= 0.3 is 0 Å². The van der Waals surface area contributed by atoms with Gasteiger partial charge in [-0.3, -0.25) is 4.79 Å². The standard InChI is InChI=1S/C18H20INO4/c1-4-23-16-10-12(9-15(19)17(16)24-5-2)18(21)20-13-7-6-8-14(11-13)22-3/h6-11H,4-5H2,1-3H3,(H,20,21). The molecule has 0 saturated carbocycles. The molecule has 0 spiro atoms. The molecule has 0 fully saturated rings. The Morgan fingerprint density at radius 2 is 1.88 bits per heavy atom. The van der Waals surface area contributed by atoms with E-state index in [1.807, 2.05) is 32.0 Å². The molecular weight excluding hydrogens is 421 g/mol. The Labute approximate surface area is 155 Å². The molecule has 0 aliphatic rings. The van der Waals surface area contributed by atoms with Crippen LogP contribution < -0.4 is 19.5 Å². The molecule has 0 saturated heterocycles. The summed E-state index contributed by atoms with van der Waals surface area (Å²) in [6.07, 6.45) is 0. The number of amides is 1. The lowest BCUT2D eigenvalue weighted by molar-refractivity contribution is 0.102. The van der Waals surface area contributed by atoms with Crippen molar-refractivity contribution in [1.29, 1.82) is 0 Å². The molecule has 1 N–H and O–H groups in total. The molecule has 0 radical (unpaired) electrons. The van der Waals surface area contributed by atoms with Gasteiger partial charge in [0.05, 0.1) is 23.9 Å². The fraction of sp³-hybridized carbons (Fsp3) is 0.278. The summed E-state index contributed by atoms with van der Waals surface area (Å²) in [6.45, 7) is 4.84. The van der Waals surface area contributed by atoms with Crippen LogP contribution in [0.4, 0.5) is 5.69 Å². The van der Waals surface area contributed by atoms with Crippen LogP contribution in [0.2, 0.25) is 0 Å². The number of halogens is 1. The molecule has 0 aromatic heterocycles. The van der Waals surface area contributed by atoms with Gasteiger partial charge in [-0.05, 0) is 60.7 Å².